The Morgan fingerprint density at radius 1 is 1.07 bits per heavy atom. The molecular formula is C30H30BrN3O6. The molecule has 3 aromatic rings. The summed E-state index contributed by atoms with van der Waals surface area (Å²) in [5.74, 6) is 0.858. The van der Waals surface area contributed by atoms with Gasteiger partial charge in [-0.15, -0.1) is 0 Å². The summed E-state index contributed by atoms with van der Waals surface area (Å²) >= 11 is 3.49. The highest BCUT2D eigenvalue weighted by Gasteiger charge is 2.35. The van der Waals surface area contributed by atoms with Gasteiger partial charge in [-0.25, -0.2) is 0 Å². The number of amides is 3. The van der Waals surface area contributed by atoms with Crippen molar-refractivity contribution in [2.45, 2.75) is 33.2 Å². The number of hydrogen-bond acceptors (Lipinski definition) is 6. The first kappa shape index (κ1) is 27.5. The SMILES string of the molecule is CCc1cc(Br)cc(C)c1NC(=O)COc1ccc(N2C[C@@H](C(=O)NCc3ccc4c(c3)OCO4)CC2=O)cc1. The van der Waals surface area contributed by atoms with Crippen LogP contribution in [0.5, 0.6) is 17.2 Å². The standard InChI is InChI=1S/C30H30BrN3O6/c1-3-20-12-22(31)10-18(2)29(20)33-27(35)16-38-24-7-5-23(6-8-24)34-15-21(13-28(34)36)30(37)32-14-19-4-9-25-26(11-19)40-17-39-25/h4-12,21H,3,13-17H2,1-2H3,(H,32,37)(H,33,35)/t21-/m0/s1. The zero-order valence-corrected chi connectivity index (χ0v) is 23.9. The van der Waals surface area contributed by atoms with Gasteiger partial charge in [0.15, 0.2) is 18.1 Å². The summed E-state index contributed by atoms with van der Waals surface area (Å²) < 4.78 is 17.3. The van der Waals surface area contributed by atoms with Gasteiger partial charge in [0.05, 0.1) is 5.92 Å². The molecule has 40 heavy (non-hydrogen) atoms. The van der Waals surface area contributed by atoms with Gasteiger partial charge in [-0.3, -0.25) is 14.4 Å². The van der Waals surface area contributed by atoms with E-state index in [9.17, 15) is 14.4 Å². The van der Waals surface area contributed by atoms with Crippen molar-refractivity contribution in [3.8, 4) is 17.2 Å². The second-order valence-electron chi connectivity index (χ2n) is 9.75. The molecule has 1 fully saturated rings. The van der Waals surface area contributed by atoms with Crippen LogP contribution in [0.3, 0.4) is 0 Å². The molecule has 0 unspecified atom stereocenters. The van der Waals surface area contributed by atoms with Gasteiger partial charge in [-0.2, -0.15) is 0 Å². The fourth-order valence-corrected chi connectivity index (χ4v) is 5.45. The summed E-state index contributed by atoms with van der Waals surface area (Å²) in [5.41, 5.74) is 4.38. The number of carbonyl (C=O) groups excluding carboxylic acids is 3. The van der Waals surface area contributed by atoms with Gasteiger partial charge in [-0.1, -0.05) is 28.9 Å². The lowest BCUT2D eigenvalue weighted by atomic mass is 10.1. The molecule has 9 nitrogen and oxygen atoms in total. The number of fused-ring (bicyclic) bond motifs is 1. The van der Waals surface area contributed by atoms with Gasteiger partial charge in [0.2, 0.25) is 18.6 Å². The molecule has 1 saturated heterocycles. The first-order valence-electron chi connectivity index (χ1n) is 13.1. The topological polar surface area (TPSA) is 106 Å². The van der Waals surface area contributed by atoms with E-state index in [1.165, 1.54) is 0 Å². The van der Waals surface area contributed by atoms with Crippen molar-refractivity contribution in [1.82, 2.24) is 5.32 Å². The number of halogens is 1. The zero-order valence-electron chi connectivity index (χ0n) is 22.3. The summed E-state index contributed by atoms with van der Waals surface area (Å²) in [7, 11) is 0. The van der Waals surface area contributed by atoms with Gasteiger partial charge in [0.25, 0.3) is 5.91 Å². The fourth-order valence-electron chi connectivity index (χ4n) is 4.83. The third-order valence-corrected chi connectivity index (χ3v) is 7.40. The Balaban J connectivity index is 1.12. The molecule has 208 valence electrons. The molecule has 1 atom stereocenters. The summed E-state index contributed by atoms with van der Waals surface area (Å²) in [6.07, 6.45) is 0.927. The van der Waals surface area contributed by atoms with Gasteiger partial charge < -0.3 is 29.7 Å². The Labute approximate surface area is 240 Å². The molecular weight excluding hydrogens is 578 g/mol. The molecule has 0 spiro atoms. The van der Waals surface area contributed by atoms with E-state index in [1.807, 2.05) is 44.2 Å². The molecule has 0 bridgehead atoms. The van der Waals surface area contributed by atoms with E-state index >= 15 is 0 Å². The number of carbonyl (C=O) groups is 3. The molecule has 2 aliphatic rings. The number of rotatable bonds is 9. The van der Waals surface area contributed by atoms with Gasteiger partial charge >= 0.3 is 0 Å². The van der Waals surface area contributed by atoms with Crippen LogP contribution in [-0.4, -0.2) is 37.7 Å². The Hall–Kier alpha value is -4.05. The maximum absolute atomic E-state index is 12.8. The number of nitrogens with zero attached hydrogens (tertiary/aromatic N) is 1. The van der Waals surface area contributed by atoms with E-state index in [0.717, 1.165) is 33.3 Å². The lowest BCUT2D eigenvalue weighted by Gasteiger charge is -2.17. The predicted molar refractivity (Wildman–Crippen MR) is 154 cm³/mol. The first-order chi connectivity index (χ1) is 19.3. The predicted octanol–water partition coefficient (Wildman–Crippen LogP) is 4.74. The molecule has 10 heteroatoms. The minimum absolute atomic E-state index is 0.118. The largest absolute Gasteiger partial charge is 0.484 e. The van der Waals surface area contributed by atoms with Crippen molar-refractivity contribution < 1.29 is 28.6 Å². The number of benzene rings is 3. The van der Waals surface area contributed by atoms with Crippen molar-refractivity contribution >= 4 is 45.0 Å². The van der Waals surface area contributed by atoms with Gasteiger partial charge in [0.1, 0.15) is 5.75 Å². The van der Waals surface area contributed by atoms with Crippen LogP contribution in [0.2, 0.25) is 0 Å². The number of aryl methyl sites for hydroxylation is 2. The highest BCUT2D eigenvalue weighted by Crippen LogP contribution is 2.33. The highest BCUT2D eigenvalue weighted by molar-refractivity contribution is 9.10. The van der Waals surface area contributed by atoms with E-state index in [2.05, 4.69) is 26.6 Å². The lowest BCUT2D eigenvalue weighted by molar-refractivity contribution is -0.126. The normalized spacial score (nSPS) is 15.7. The van der Waals surface area contributed by atoms with Crippen LogP contribution in [0.25, 0.3) is 0 Å². The van der Waals surface area contributed by atoms with E-state index in [-0.39, 0.29) is 37.5 Å². The Morgan fingerprint density at radius 3 is 2.62 bits per heavy atom. The summed E-state index contributed by atoms with van der Waals surface area (Å²) in [6, 6.07) is 16.4. The van der Waals surface area contributed by atoms with Crippen molar-refractivity contribution in [1.29, 1.82) is 0 Å². The third-order valence-electron chi connectivity index (χ3n) is 6.95. The molecule has 2 heterocycles. The molecule has 3 amide bonds. The Kier molecular flexibility index (Phi) is 8.25. The van der Waals surface area contributed by atoms with Gasteiger partial charge in [0, 0.05) is 35.4 Å². The number of anilines is 2. The number of nitrogens with one attached hydrogen (secondary N) is 2. The molecule has 0 aliphatic carbocycles. The lowest BCUT2D eigenvalue weighted by Crippen LogP contribution is -2.32. The summed E-state index contributed by atoms with van der Waals surface area (Å²) in [6.45, 7) is 4.66. The first-order valence-corrected chi connectivity index (χ1v) is 13.9. The molecule has 2 N–H and O–H groups in total. The van der Waals surface area contributed by atoms with Crippen LogP contribution in [0, 0.1) is 12.8 Å². The van der Waals surface area contributed by atoms with Crippen LogP contribution >= 0.6 is 15.9 Å². The molecule has 3 aromatic carbocycles. The van der Waals surface area contributed by atoms with Crippen molar-refractivity contribution in [2.75, 3.05) is 30.2 Å². The molecule has 2 aliphatic heterocycles. The second kappa shape index (κ2) is 12.0. The average Bonchev–Trinajstić information content (AvgIpc) is 3.58. The van der Waals surface area contributed by atoms with Crippen molar-refractivity contribution in [3.63, 3.8) is 0 Å². The Bertz CT molecular complexity index is 1440. The van der Waals surface area contributed by atoms with Crippen LogP contribution in [-0.2, 0) is 27.3 Å². The van der Waals surface area contributed by atoms with Crippen LogP contribution in [0.1, 0.15) is 30.0 Å². The minimum Gasteiger partial charge on any atom is -0.484 e. The zero-order chi connectivity index (χ0) is 28.2. The number of ether oxygens (including phenoxy) is 3. The van der Waals surface area contributed by atoms with E-state index in [4.69, 9.17) is 14.2 Å². The van der Waals surface area contributed by atoms with E-state index in [0.29, 0.717) is 36.0 Å². The highest BCUT2D eigenvalue weighted by atomic mass is 79.9. The molecule has 5 rings (SSSR count). The molecule has 0 aromatic heterocycles. The van der Waals surface area contributed by atoms with Crippen molar-refractivity contribution in [2.24, 2.45) is 5.92 Å². The third kappa shape index (κ3) is 6.22. The molecule has 0 saturated carbocycles. The van der Waals surface area contributed by atoms with E-state index < -0.39 is 5.92 Å². The second-order valence-corrected chi connectivity index (χ2v) is 10.7. The van der Waals surface area contributed by atoms with Crippen LogP contribution < -0.4 is 29.7 Å². The van der Waals surface area contributed by atoms with Gasteiger partial charge in [-0.05, 0) is 78.6 Å². The Morgan fingerprint density at radius 2 is 1.85 bits per heavy atom. The smallest absolute Gasteiger partial charge is 0.262 e. The quantitative estimate of drug-likeness (QED) is 0.364. The maximum atomic E-state index is 12.8. The summed E-state index contributed by atoms with van der Waals surface area (Å²) in [4.78, 5) is 39.6. The van der Waals surface area contributed by atoms with E-state index in [1.54, 1.807) is 29.2 Å². The van der Waals surface area contributed by atoms with Crippen LogP contribution in [0.4, 0.5) is 11.4 Å². The number of hydrogen-bond donors (Lipinski definition) is 2. The van der Waals surface area contributed by atoms with Crippen LogP contribution in [0.15, 0.2) is 59.1 Å². The summed E-state index contributed by atoms with van der Waals surface area (Å²) in [5, 5.41) is 5.87. The van der Waals surface area contributed by atoms with Crippen molar-refractivity contribution in [3.05, 3.63) is 75.8 Å². The minimum atomic E-state index is -0.448. The average molecular weight is 608 g/mol. The maximum Gasteiger partial charge on any atom is 0.262 e. The fraction of sp³-hybridized carbons (Fsp3) is 0.300. The molecule has 0 radical (unpaired) electrons. The monoisotopic (exact) mass is 607 g/mol.